The van der Waals surface area contributed by atoms with Gasteiger partial charge in [0.15, 0.2) is 0 Å². The molecule has 4 nitrogen and oxygen atoms in total. The van der Waals surface area contributed by atoms with Crippen molar-refractivity contribution in [2.45, 2.75) is 51.9 Å². The standard InChI is InChI=1S/C12H19F3N2O2/c1-4-7(2)10-11(19)17(6-12(13,14)15)8(3)5-9(18)16-10/h7-8,10H,4-6H2,1-3H3,(H,16,18). The van der Waals surface area contributed by atoms with Crippen molar-refractivity contribution in [3.05, 3.63) is 0 Å². The molecule has 0 spiro atoms. The number of carbonyl (C=O) groups excluding carboxylic acids is 2. The molecule has 110 valence electrons. The van der Waals surface area contributed by atoms with Crippen molar-refractivity contribution in [1.82, 2.24) is 10.2 Å². The number of hydrogen-bond donors (Lipinski definition) is 1. The molecule has 7 heteroatoms. The van der Waals surface area contributed by atoms with Crippen molar-refractivity contribution >= 4 is 11.8 Å². The van der Waals surface area contributed by atoms with E-state index in [1.54, 1.807) is 6.92 Å². The second kappa shape index (κ2) is 5.79. The fraction of sp³-hybridized carbons (Fsp3) is 0.833. The van der Waals surface area contributed by atoms with Gasteiger partial charge < -0.3 is 10.2 Å². The Labute approximate surface area is 110 Å². The number of alkyl halides is 3. The highest BCUT2D eigenvalue weighted by atomic mass is 19.4. The van der Waals surface area contributed by atoms with Gasteiger partial charge in [-0.1, -0.05) is 20.3 Å². The highest BCUT2D eigenvalue weighted by molar-refractivity contribution is 5.90. The zero-order chi connectivity index (χ0) is 14.8. The third kappa shape index (κ3) is 4.11. The molecule has 1 fully saturated rings. The molecule has 3 unspecified atom stereocenters. The van der Waals surface area contributed by atoms with E-state index in [2.05, 4.69) is 5.32 Å². The summed E-state index contributed by atoms with van der Waals surface area (Å²) in [6.07, 6.45) is -3.96. The Balaban J connectivity index is 2.99. The van der Waals surface area contributed by atoms with Crippen molar-refractivity contribution in [2.24, 2.45) is 5.92 Å². The Morgan fingerprint density at radius 1 is 1.42 bits per heavy atom. The molecule has 19 heavy (non-hydrogen) atoms. The molecule has 0 bridgehead atoms. The van der Waals surface area contributed by atoms with E-state index in [1.165, 1.54) is 6.92 Å². The van der Waals surface area contributed by atoms with Gasteiger partial charge >= 0.3 is 6.18 Å². The number of carbonyl (C=O) groups is 2. The van der Waals surface area contributed by atoms with E-state index in [9.17, 15) is 22.8 Å². The Kier molecular flexibility index (Phi) is 4.81. The second-order valence-corrected chi connectivity index (χ2v) is 5.07. The van der Waals surface area contributed by atoms with Gasteiger partial charge in [0.2, 0.25) is 11.8 Å². The summed E-state index contributed by atoms with van der Waals surface area (Å²) in [4.78, 5) is 24.6. The fourth-order valence-corrected chi connectivity index (χ4v) is 2.12. The highest BCUT2D eigenvalue weighted by Crippen LogP contribution is 2.23. The van der Waals surface area contributed by atoms with Crippen molar-refractivity contribution in [3.8, 4) is 0 Å². The average molecular weight is 280 g/mol. The van der Waals surface area contributed by atoms with Crippen LogP contribution in [0.1, 0.15) is 33.6 Å². The van der Waals surface area contributed by atoms with Gasteiger partial charge in [0.05, 0.1) is 0 Å². The Bertz CT molecular complexity index is 357. The normalized spacial score (nSPS) is 26.9. The van der Waals surface area contributed by atoms with Crippen LogP contribution in [-0.4, -0.2) is 41.5 Å². The molecular weight excluding hydrogens is 261 g/mol. The van der Waals surface area contributed by atoms with Crippen LogP contribution in [0.25, 0.3) is 0 Å². The van der Waals surface area contributed by atoms with Gasteiger partial charge in [-0.2, -0.15) is 13.2 Å². The molecule has 0 aliphatic carbocycles. The molecule has 0 radical (unpaired) electrons. The van der Waals surface area contributed by atoms with Crippen LogP contribution in [0.2, 0.25) is 0 Å². The maximum absolute atomic E-state index is 12.5. The summed E-state index contributed by atoms with van der Waals surface area (Å²) in [7, 11) is 0. The van der Waals surface area contributed by atoms with E-state index in [4.69, 9.17) is 0 Å². The smallest absolute Gasteiger partial charge is 0.344 e. The molecule has 1 aliphatic rings. The van der Waals surface area contributed by atoms with E-state index >= 15 is 0 Å². The number of halogens is 3. The number of hydrogen-bond acceptors (Lipinski definition) is 2. The largest absolute Gasteiger partial charge is 0.406 e. The average Bonchev–Trinajstić information content (AvgIpc) is 2.38. The summed E-state index contributed by atoms with van der Waals surface area (Å²) in [5.41, 5.74) is 0. The Morgan fingerprint density at radius 2 is 2.00 bits per heavy atom. The summed E-state index contributed by atoms with van der Waals surface area (Å²) in [6.45, 7) is 3.72. The van der Waals surface area contributed by atoms with E-state index in [0.29, 0.717) is 6.42 Å². The summed E-state index contributed by atoms with van der Waals surface area (Å²) in [6, 6.07) is -1.62. The molecule has 2 amide bonds. The highest BCUT2D eigenvalue weighted by Gasteiger charge is 2.41. The maximum atomic E-state index is 12.5. The van der Waals surface area contributed by atoms with Gasteiger partial charge in [0.25, 0.3) is 0 Å². The zero-order valence-corrected chi connectivity index (χ0v) is 11.3. The molecule has 3 atom stereocenters. The maximum Gasteiger partial charge on any atom is 0.406 e. The molecule has 1 aliphatic heterocycles. The number of amides is 2. The molecule has 0 aromatic carbocycles. The number of nitrogens with zero attached hydrogens (tertiary/aromatic N) is 1. The Hall–Kier alpha value is -1.27. The molecule has 0 aromatic heterocycles. The minimum atomic E-state index is -4.46. The first kappa shape index (κ1) is 15.8. The topological polar surface area (TPSA) is 49.4 Å². The SMILES string of the molecule is CCC(C)C1NC(=O)CC(C)N(CC(F)(F)F)C1=O. The molecule has 1 heterocycles. The second-order valence-electron chi connectivity index (χ2n) is 5.07. The molecule has 0 aromatic rings. The van der Waals surface area contributed by atoms with Gasteiger partial charge in [0, 0.05) is 12.5 Å². The van der Waals surface area contributed by atoms with Crippen LogP contribution < -0.4 is 5.32 Å². The van der Waals surface area contributed by atoms with Gasteiger partial charge in [-0.3, -0.25) is 9.59 Å². The summed E-state index contributed by atoms with van der Waals surface area (Å²) < 4.78 is 37.6. The lowest BCUT2D eigenvalue weighted by atomic mass is 9.98. The molecule has 0 saturated carbocycles. The number of rotatable bonds is 3. The third-order valence-electron chi connectivity index (χ3n) is 3.44. The first-order valence-corrected chi connectivity index (χ1v) is 6.32. The predicted molar refractivity (Wildman–Crippen MR) is 63.2 cm³/mol. The first-order valence-electron chi connectivity index (χ1n) is 6.32. The van der Waals surface area contributed by atoms with Gasteiger partial charge in [-0.25, -0.2) is 0 Å². The van der Waals surface area contributed by atoms with E-state index in [1.807, 2.05) is 6.92 Å². The van der Waals surface area contributed by atoms with Crippen LogP contribution >= 0.6 is 0 Å². The minimum absolute atomic E-state index is 0.102. The summed E-state index contributed by atoms with van der Waals surface area (Å²) in [5, 5.41) is 2.53. The lowest BCUT2D eigenvalue weighted by molar-refractivity contribution is -0.166. The zero-order valence-electron chi connectivity index (χ0n) is 11.3. The van der Waals surface area contributed by atoms with E-state index < -0.39 is 30.7 Å². The summed E-state index contributed by atoms with van der Waals surface area (Å²) >= 11 is 0. The van der Waals surface area contributed by atoms with Crippen LogP contribution in [0, 0.1) is 5.92 Å². The monoisotopic (exact) mass is 280 g/mol. The van der Waals surface area contributed by atoms with Crippen LogP contribution in [0.5, 0.6) is 0 Å². The summed E-state index contributed by atoms with van der Waals surface area (Å²) in [5.74, 6) is -1.22. The third-order valence-corrected chi connectivity index (χ3v) is 3.44. The van der Waals surface area contributed by atoms with Crippen molar-refractivity contribution in [1.29, 1.82) is 0 Å². The molecule has 1 N–H and O–H groups in total. The first-order chi connectivity index (χ1) is 8.65. The van der Waals surface area contributed by atoms with Crippen molar-refractivity contribution in [3.63, 3.8) is 0 Å². The molecular formula is C12H19F3N2O2. The molecule has 1 rings (SSSR count). The van der Waals surface area contributed by atoms with Gasteiger partial charge in [-0.05, 0) is 12.8 Å². The van der Waals surface area contributed by atoms with Crippen LogP contribution in [0.15, 0.2) is 0 Å². The number of nitrogens with one attached hydrogen (secondary N) is 1. The van der Waals surface area contributed by atoms with E-state index in [-0.39, 0.29) is 18.2 Å². The van der Waals surface area contributed by atoms with Crippen LogP contribution in [0.4, 0.5) is 13.2 Å². The quantitative estimate of drug-likeness (QED) is 0.855. The van der Waals surface area contributed by atoms with Crippen LogP contribution in [0.3, 0.4) is 0 Å². The predicted octanol–water partition coefficient (Wildman–Crippen LogP) is 1.70. The van der Waals surface area contributed by atoms with Gasteiger partial charge in [-0.15, -0.1) is 0 Å². The fourth-order valence-electron chi connectivity index (χ4n) is 2.12. The van der Waals surface area contributed by atoms with Crippen LogP contribution in [-0.2, 0) is 9.59 Å². The van der Waals surface area contributed by atoms with E-state index in [0.717, 1.165) is 4.90 Å². The minimum Gasteiger partial charge on any atom is -0.344 e. The molecule has 1 saturated heterocycles. The van der Waals surface area contributed by atoms with Gasteiger partial charge in [0.1, 0.15) is 12.6 Å². The lowest BCUT2D eigenvalue weighted by Gasteiger charge is -2.31. The van der Waals surface area contributed by atoms with Crippen molar-refractivity contribution in [2.75, 3.05) is 6.54 Å². The Morgan fingerprint density at radius 3 is 2.47 bits per heavy atom. The lowest BCUT2D eigenvalue weighted by Crippen LogP contribution is -2.51. The van der Waals surface area contributed by atoms with Crippen molar-refractivity contribution < 1.29 is 22.8 Å².